The molecule has 0 bridgehead atoms. The van der Waals surface area contributed by atoms with Crippen LogP contribution in [0.15, 0.2) is 47.2 Å². The van der Waals surface area contributed by atoms with E-state index in [0.29, 0.717) is 15.6 Å². The Bertz CT molecular complexity index is 902. The summed E-state index contributed by atoms with van der Waals surface area (Å²) in [5, 5.41) is 0.829. The predicted octanol–water partition coefficient (Wildman–Crippen LogP) is 3.67. The number of carbonyl (C=O) groups is 2. The summed E-state index contributed by atoms with van der Waals surface area (Å²) in [6, 6.07) is 9.12. The van der Waals surface area contributed by atoms with Crippen molar-refractivity contribution in [1.29, 1.82) is 0 Å². The van der Waals surface area contributed by atoms with Crippen LogP contribution in [0.3, 0.4) is 0 Å². The molecule has 3 rings (SSSR count). The quantitative estimate of drug-likeness (QED) is 0.560. The first-order chi connectivity index (χ1) is 11.1. The Morgan fingerprint density at radius 1 is 1.26 bits per heavy atom. The Kier molecular flexibility index (Phi) is 4.25. The number of para-hydroxylation sites is 1. The Morgan fingerprint density at radius 2 is 2.04 bits per heavy atom. The molecule has 0 spiro atoms. The molecule has 0 aliphatic heterocycles. The molecule has 6 heteroatoms. The van der Waals surface area contributed by atoms with E-state index in [0.717, 1.165) is 16.6 Å². The molecule has 0 aliphatic carbocycles. The van der Waals surface area contributed by atoms with Gasteiger partial charge >= 0.3 is 5.97 Å². The molecule has 23 heavy (non-hydrogen) atoms. The first-order valence-electron chi connectivity index (χ1n) is 6.94. The van der Waals surface area contributed by atoms with E-state index in [-0.39, 0.29) is 12.4 Å². The average Bonchev–Trinajstić information content (AvgIpc) is 2.88. The van der Waals surface area contributed by atoms with Crippen LogP contribution in [0.2, 0.25) is 0 Å². The minimum Gasteiger partial charge on any atom is -0.454 e. The smallest absolute Gasteiger partial charge is 0.340 e. The topological polar surface area (TPSA) is 72.1 Å². The molecule has 116 valence electrons. The lowest BCUT2D eigenvalue weighted by atomic mass is 10.1. The largest absolute Gasteiger partial charge is 0.454 e. The molecule has 2 aromatic heterocycles. The highest BCUT2D eigenvalue weighted by atomic mass is 79.9. The number of halogens is 1. The van der Waals surface area contributed by atoms with Crippen molar-refractivity contribution in [2.45, 2.75) is 6.92 Å². The fraction of sp³-hybridized carbons (Fsp3) is 0.118. The number of hydrogen-bond donors (Lipinski definition) is 1. The van der Waals surface area contributed by atoms with Gasteiger partial charge in [-0.1, -0.05) is 18.2 Å². The van der Waals surface area contributed by atoms with Gasteiger partial charge in [-0.15, -0.1) is 0 Å². The molecule has 1 N–H and O–H groups in total. The van der Waals surface area contributed by atoms with Gasteiger partial charge in [-0.25, -0.2) is 4.79 Å². The number of fused-ring (bicyclic) bond motifs is 1. The van der Waals surface area contributed by atoms with E-state index in [1.807, 2.05) is 31.2 Å². The summed E-state index contributed by atoms with van der Waals surface area (Å²) in [5.41, 5.74) is 2.50. The second-order valence-electron chi connectivity index (χ2n) is 5.06. The van der Waals surface area contributed by atoms with E-state index < -0.39 is 5.97 Å². The molecule has 0 unspecified atom stereocenters. The molecule has 0 saturated heterocycles. The number of esters is 1. The summed E-state index contributed by atoms with van der Waals surface area (Å²) in [7, 11) is 0. The molecule has 2 heterocycles. The summed E-state index contributed by atoms with van der Waals surface area (Å²) in [4.78, 5) is 31.5. The first-order valence-corrected chi connectivity index (χ1v) is 7.74. The van der Waals surface area contributed by atoms with Crippen molar-refractivity contribution >= 4 is 38.6 Å². The number of H-pyrrole nitrogens is 1. The van der Waals surface area contributed by atoms with Gasteiger partial charge in [-0.05, 0) is 35.0 Å². The van der Waals surface area contributed by atoms with Crippen LogP contribution < -0.4 is 0 Å². The van der Waals surface area contributed by atoms with Crippen LogP contribution in [0.5, 0.6) is 0 Å². The minimum absolute atomic E-state index is 0.240. The van der Waals surface area contributed by atoms with E-state index in [1.165, 1.54) is 6.20 Å². The third-order valence-corrected chi connectivity index (χ3v) is 3.88. The third kappa shape index (κ3) is 3.17. The van der Waals surface area contributed by atoms with Gasteiger partial charge in [0.15, 0.2) is 6.61 Å². The number of nitrogens with one attached hydrogen (secondary N) is 1. The fourth-order valence-electron chi connectivity index (χ4n) is 2.45. The number of hydrogen-bond acceptors (Lipinski definition) is 4. The lowest BCUT2D eigenvalue weighted by Gasteiger charge is -2.05. The molecule has 0 amide bonds. The van der Waals surface area contributed by atoms with Gasteiger partial charge < -0.3 is 9.72 Å². The second kappa shape index (κ2) is 6.34. The van der Waals surface area contributed by atoms with Crippen LogP contribution in [0.25, 0.3) is 10.9 Å². The maximum atomic E-state index is 12.4. The zero-order valence-electron chi connectivity index (χ0n) is 12.3. The van der Waals surface area contributed by atoms with Crippen LogP contribution in [-0.2, 0) is 4.74 Å². The highest BCUT2D eigenvalue weighted by Gasteiger charge is 2.18. The molecule has 3 aromatic rings. The van der Waals surface area contributed by atoms with E-state index in [1.54, 1.807) is 12.3 Å². The number of carbonyl (C=O) groups excluding carboxylic acids is 2. The predicted molar refractivity (Wildman–Crippen MR) is 89.6 cm³/mol. The zero-order chi connectivity index (χ0) is 16.4. The molecule has 0 saturated carbocycles. The number of aromatic nitrogens is 2. The van der Waals surface area contributed by atoms with Gasteiger partial charge in [0.2, 0.25) is 5.78 Å². The summed E-state index contributed by atoms with van der Waals surface area (Å²) < 4.78 is 5.78. The number of ether oxygens (including phenoxy) is 1. The zero-order valence-corrected chi connectivity index (χ0v) is 13.9. The van der Waals surface area contributed by atoms with Gasteiger partial charge in [0.25, 0.3) is 0 Å². The van der Waals surface area contributed by atoms with Crippen molar-refractivity contribution in [1.82, 2.24) is 9.97 Å². The van der Waals surface area contributed by atoms with Crippen molar-refractivity contribution in [3.63, 3.8) is 0 Å². The molecule has 0 aliphatic rings. The number of aryl methyl sites for hydroxylation is 1. The molecule has 1 aromatic carbocycles. The van der Waals surface area contributed by atoms with E-state index >= 15 is 0 Å². The van der Waals surface area contributed by atoms with Crippen molar-refractivity contribution in [3.05, 3.63) is 64.0 Å². The Balaban J connectivity index is 1.76. The first kappa shape index (κ1) is 15.4. The lowest BCUT2D eigenvalue weighted by Crippen LogP contribution is -2.15. The molecule has 0 radical (unpaired) electrons. The molecular weight excluding hydrogens is 360 g/mol. The Morgan fingerprint density at radius 3 is 2.83 bits per heavy atom. The van der Waals surface area contributed by atoms with Gasteiger partial charge in [-0.2, -0.15) is 0 Å². The summed E-state index contributed by atoms with van der Waals surface area (Å²) in [6.07, 6.45) is 2.96. The van der Waals surface area contributed by atoms with Crippen molar-refractivity contribution in [2.75, 3.05) is 6.61 Å². The SMILES string of the molecule is Cc1[nH]c2ccccc2c1C(=O)COC(=O)c1cncc(Br)c1. The summed E-state index contributed by atoms with van der Waals surface area (Å²) >= 11 is 3.24. The Hall–Kier alpha value is -2.47. The van der Waals surface area contributed by atoms with Crippen LogP contribution in [-0.4, -0.2) is 28.3 Å². The minimum atomic E-state index is -0.579. The number of rotatable bonds is 4. The standard InChI is InChI=1S/C17H13BrN2O3/c1-10-16(13-4-2-3-5-14(13)20-10)15(21)9-23-17(22)11-6-12(18)8-19-7-11/h2-8,20H,9H2,1H3. The average molecular weight is 373 g/mol. The maximum absolute atomic E-state index is 12.4. The van der Waals surface area contributed by atoms with E-state index in [9.17, 15) is 9.59 Å². The van der Waals surface area contributed by atoms with Gasteiger partial charge in [-0.3, -0.25) is 9.78 Å². The number of pyridine rings is 1. The van der Waals surface area contributed by atoms with Gasteiger partial charge in [0.1, 0.15) is 0 Å². The van der Waals surface area contributed by atoms with Crippen LogP contribution >= 0.6 is 15.9 Å². The normalized spacial score (nSPS) is 10.7. The second-order valence-corrected chi connectivity index (χ2v) is 5.98. The molecule has 0 atom stereocenters. The highest BCUT2D eigenvalue weighted by molar-refractivity contribution is 9.10. The number of Topliss-reactive ketones (excluding diaryl/α,β-unsaturated/α-hetero) is 1. The lowest BCUT2D eigenvalue weighted by molar-refractivity contribution is 0.0474. The third-order valence-electron chi connectivity index (χ3n) is 3.45. The summed E-state index contributed by atoms with van der Waals surface area (Å²) in [5.74, 6) is -0.819. The number of benzene rings is 1. The summed E-state index contributed by atoms with van der Waals surface area (Å²) in [6.45, 7) is 1.52. The number of aromatic amines is 1. The van der Waals surface area contributed by atoms with Crippen LogP contribution in [0.1, 0.15) is 26.4 Å². The van der Waals surface area contributed by atoms with Crippen molar-refractivity contribution in [2.24, 2.45) is 0 Å². The van der Waals surface area contributed by atoms with Crippen molar-refractivity contribution < 1.29 is 14.3 Å². The van der Waals surface area contributed by atoms with Gasteiger partial charge in [0, 0.05) is 39.0 Å². The highest BCUT2D eigenvalue weighted by Crippen LogP contribution is 2.22. The molecule has 0 fully saturated rings. The van der Waals surface area contributed by atoms with Crippen LogP contribution in [0.4, 0.5) is 0 Å². The number of ketones is 1. The number of nitrogens with zero attached hydrogens (tertiary/aromatic N) is 1. The van der Waals surface area contributed by atoms with Gasteiger partial charge in [0.05, 0.1) is 5.56 Å². The monoisotopic (exact) mass is 372 g/mol. The fourth-order valence-corrected chi connectivity index (χ4v) is 2.81. The van der Waals surface area contributed by atoms with E-state index in [2.05, 4.69) is 25.9 Å². The van der Waals surface area contributed by atoms with Crippen LogP contribution in [0, 0.1) is 6.92 Å². The van der Waals surface area contributed by atoms with Crippen molar-refractivity contribution in [3.8, 4) is 0 Å². The Labute approximate surface area is 140 Å². The van der Waals surface area contributed by atoms with E-state index in [4.69, 9.17) is 4.74 Å². The maximum Gasteiger partial charge on any atom is 0.340 e. The molecule has 5 nitrogen and oxygen atoms in total. The molecular formula is C17H13BrN2O3.